The molecule has 0 fully saturated rings. The lowest BCUT2D eigenvalue weighted by molar-refractivity contribution is -0.148. The molecule has 0 rings (SSSR count). The van der Waals surface area contributed by atoms with Crippen molar-refractivity contribution in [3.8, 4) is 0 Å². The Balaban J connectivity index is 5.74. The van der Waals surface area contributed by atoms with Crippen LogP contribution < -0.4 is 21.7 Å². The van der Waals surface area contributed by atoms with Crippen molar-refractivity contribution in [2.24, 2.45) is 17.6 Å². The molecule has 0 aromatic rings. The van der Waals surface area contributed by atoms with Gasteiger partial charge < -0.3 is 46.7 Å². The molecular weight excluding hydrogens is 622 g/mol. The van der Waals surface area contributed by atoms with E-state index in [1.165, 1.54) is 14.0 Å². The molecule has 0 aromatic heterocycles. The fourth-order valence-corrected chi connectivity index (χ4v) is 5.15. The lowest BCUT2D eigenvalue weighted by Gasteiger charge is -2.38. The molecule has 14 heteroatoms. The highest BCUT2D eigenvalue weighted by Crippen LogP contribution is 2.26. The highest BCUT2D eigenvalue weighted by molar-refractivity contribution is 6.10. The first-order valence-electron chi connectivity index (χ1n) is 17.0. The molecule has 0 bridgehead atoms. The van der Waals surface area contributed by atoms with Crippen LogP contribution in [0.4, 0.5) is 0 Å². The van der Waals surface area contributed by atoms with Gasteiger partial charge in [0.2, 0.25) is 17.7 Å². The fourth-order valence-electron chi connectivity index (χ4n) is 5.15. The molecule has 276 valence electrons. The normalized spacial score (nSPS) is 16.3. The zero-order valence-electron chi connectivity index (χ0n) is 29.9. The van der Waals surface area contributed by atoms with Crippen molar-refractivity contribution in [3.05, 3.63) is 12.2 Å². The van der Waals surface area contributed by atoms with Crippen LogP contribution in [-0.2, 0) is 28.8 Å². The van der Waals surface area contributed by atoms with Crippen molar-refractivity contribution in [2.45, 2.75) is 135 Å². The second-order valence-corrected chi connectivity index (χ2v) is 13.1. The number of nitrogens with one attached hydrogen (secondary N) is 3. The summed E-state index contributed by atoms with van der Waals surface area (Å²) >= 11 is 0. The largest absolute Gasteiger partial charge is 0.394 e. The van der Waals surface area contributed by atoms with Crippen LogP contribution >= 0.6 is 0 Å². The number of nitrogens with two attached hydrogens (primary N) is 1. The molecule has 4 amide bonds. The van der Waals surface area contributed by atoms with Gasteiger partial charge in [-0.2, -0.15) is 0 Å². The number of rotatable bonds is 25. The molecule has 0 saturated heterocycles. The van der Waals surface area contributed by atoms with E-state index in [2.05, 4.69) is 29.5 Å². The zero-order valence-corrected chi connectivity index (χ0v) is 29.9. The molecule has 0 radical (unpaired) electrons. The van der Waals surface area contributed by atoms with Crippen molar-refractivity contribution in [1.82, 2.24) is 20.9 Å². The van der Waals surface area contributed by atoms with Gasteiger partial charge in [0.1, 0.15) is 12.1 Å². The van der Waals surface area contributed by atoms with E-state index in [1.807, 2.05) is 6.92 Å². The summed E-state index contributed by atoms with van der Waals surface area (Å²) in [7, 11) is 1.26. The predicted octanol–water partition coefficient (Wildman–Crippen LogP) is 0.498. The van der Waals surface area contributed by atoms with Gasteiger partial charge >= 0.3 is 0 Å². The number of aliphatic hydroxyl groups excluding tert-OH is 3. The van der Waals surface area contributed by atoms with Crippen LogP contribution in [0.15, 0.2) is 12.2 Å². The average molecular weight is 684 g/mol. The van der Waals surface area contributed by atoms with Crippen LogP contribution in [0.5, 0.6) is 0 Å². The Morgan fingerprint density at radius 3 is 2.00 bits per heavy atom. The van der Waals surface area contributed by atoms with Crippen LogP contribution in [0.3, 0.4) is 0 Å². The molecule has 7 atom stereocenters. The van der Waals surface area contributed by atoms with Crippen molar-refractivity contribution in [2.75, 3.05) is 20.2 Å². The number of likely N-dealkylation sites (N-methyl/N-ethyl adjacent to an activating group) is 1. The second-order valence-electron chi connectivity index (χ2n) is 13.1. The quantitative estimate of drug-likeness (QED) is 0.0305. The summed E-state index contributed by atoms with van der Waals surface area (Å²) in [5.41, 5.74) is 3.71. The summed E-state index contributed by atoms with van der Waals surface area (Å²) in [5.74, 6) is -4.77. The minimum absolute atomic E-state index is 0.0958. The van der Waals surface area contributed by atoms with Crippen LogP contribution in [0, 0.1) is 11.8 Å². The number of aliphatic hydroxyl groups is 3. The number of amides is 4. The van der Waals surface area contributed by atoms with Crippen LogP contribution in [0.25, 0.3) is 0 Å². The van der Waals surface area contributed by atoms with Gasteiger partial charge in [-0.25, -0.2) is 0 Å². The second kappa shape index (κ2) is 22.4. The minimum atomic E-state index is -2.02. The minimum Gasteiger partial charge on any atom is -0.394 e. The highest BCUT2D eigenvalue weighted by atomic mass is 16.3. The number of hydrogen-bond acceptors (Lipinski definition) is 10. The van der Waals surface area contributed by atoms with Gasteiger partial charge in [-0.05, 0) is 31.6 Å². The lowest BCUT2D eigenvalue weighted by atomic mass is 9.83. The van der Waals surface area contributed by atoms with Gasteiger partial charge in [-0.3, -0.25) is 24.0 Å². The first-order valence-corrected chi connectivity index (χ1v) is 17.0. The Morgan fingerprint density at radius 2 is 1.50 bits per heavy atom. The SMILES string of the molecule is C=C(C(=O)N(C)[C@@](C=O)(CC(C)C)C(=O)CNC(=O)[C@@H](NC(=O)[C@H](CO)NC(=O)[C@@H](N)[C@H](C)CC)[C@H](C)O)[C@H](O)CCCCCCCC. The molecule has 48 heavy (non-hydrogen) atoms. The Hall–Kier alpha value is -3.20. The molecule has 0 heterocycles. The number of Topliss-reactive ketones (excluding diaryl/α,β-unsaturated/α-hetero) is 1. The monoisotopic (exact) mass is 683 g/mol. The maximum Gasteiger partial charge on any atom is 0.252 e. The van der Waals surface area contributed by atoms with Gasteiger partial charge in [0.05, 0.1) is 31.4 Å². The molecule has 14 nitrogen and oxygen atoms in total. The van der Waals surface area contributed by atoms with E-state index in [0.29, 0.717) is 25.5 Å². The fraction of sp³-hybridized carbons (Fsp3) is 0.765. The maximum absolute atomic E-state index is 13.6. The molecule has 0 aliphatic heterocycles. The van der Waals surface area contributed by atoms with Crippen LogP contribution in [0.2, 0.25) is 0 Å². The summed E-state index contributed by atoms with van der Waals surface area (Å²) in [6.07, 6.45) is 4.37. The summed E-state index contributed by atoms with van der Waals surface area (Å²) in [6.45, 7) is 12.6. The third-order valence-electron chi connectivity index (χ3n) is 8.67. The Labute approximate surface area is 285 Å². The first-order chi connectivity index (χ1) is 22.4. The van der Waals surface area contributed by atoms with E-state index in [9.17, 15) is 44.1 Å². The van der Waals surface area contributed by atoms with E-state index in [-0.39, 0.29) is 23.8 Å². The summed E-state index contributed by atoms with van der Waals surface area (Å²) in [4.78, 5) is 79.0. The van der Waals surface area contributed by atoms with Crippen molar-refractivity contribution in [3.63, 3.8) is 0 Å². The van der Waals surface area contributed by atoms with Gasteiger partial charge in [0, 0.05) is 12.6 Å². The first kappa shape index (κ1) is 44.8. The highest BCUT2D eigenvalue weighted by Gasteiger charge is 2.46. The number of hydrogen-bond donors (Lipinski definition) is 7. The molecule has 0 spiro atoms. The third-order valence-corrected chi connectivity index (χ3v) is 8.67. The van der Waals surface area contributed by atoms with Crippen LogP contribution in [-0.4, -0.2) is 112 Å². The van der Waals surface area contributed by atoms with Crippen LogP contribution in [0.1, 0.15) is 99.3 Å². The van der Waals surface area contributed by atoms with E-state index in [4.69, 9.17) is 5.73 Å². The van der Waals surface area contributed by atoms with Gasteiger partial charge in [-0.15, -0.1) is 0 Å². The van der Waals surface area contributed by atoms with E-state index >= 15 is 0 Å². The molecule has 0 aliphatic rings. The van der Waals surface area contributed by atoms with Crippen molar-refractivity contribution in [1.29, 1.82) is 0 Å². The molecule has 0 unspecified atom stereocenters. The summed E-state index contributed by atoms with van der Waals surface area (Å²) in [5, 5.41) is 37.5. The maximum atomic E-state index is 13.6. The molecule has 0 aliphatic carbocycles. The number of carbonyl (C=O) groups is 6. The average Bonchev–Trinajstić information content (AvgIpc) is 3.06. The van der Waals surface area contributed by atoms with Gasteiger partial charge in [-0.1, -0.05) is 86.1 Å². The summed E-state index contributed by atoms with van der Waals surface area (Å²) < 4.78 is 0. The van der Waals surface area contributed by atoms with E-state index < -0.39 is 78.4 Å². The number of ketones is 1. The van der Waals surface area contributed by atoms with Crippen molar-refractivity contribution >= 4 is 35.7 Å². The Kier molecular flexibility index (Phi) is 20.9. The van der Waals surface area contributed by atoms with E-state index in [1.54, 1.807) is 20.8 Å². The Morgan fingerprint density at radius 1 is 0.917 bits per heavy atom. The predicted molar refractivity (Wildman–Crippen MR) is 182 cm³/mol. The van der Waals surface area contributed by atoms with Crippen molar-refractivity contribution < 1.29 is 44.1 Å². The third kappa shape index (κ3) is 13.7. The molecule has 0 saturated carbocycles. The molecular formula is C34H61N5O9. The van der Waals surface area contributed by atoms with Gasteiger partial charge in [0.15, 0.2) is 17.6 Å². The summed E-state index contributed by atoms with van der Waals surface area (Å²) in [6, 6.07) is -4.05. The topological polar surface area (TPSA) is 228 Å². The number of aldehydes is 1. The molecule has 0 aromatic carbocycles. The Bertz CT molecular complexity index is 1080. The van der Waals surface area contributed by atoms with E-state index in [0.717, 1.165) is 37.0 Å². The number of carbonyl (C=O) groups excluding carboxylic acids is 6. The van der Waals surface area contributed by atoms with Gasteiger partial charge in [0.25, 0.3) is 5.91 Å². The lowest BCUT2D eigenvalue weighted by Crippen LogP contribution is -2.62. The number of unbranched alkanes of at least 4 members (excludes halogenated alkanes) is 5. The number of nitrogens with zero attached hydrogens (tertiary/aromatic N) is 1. The standard InChI is InChI=1S/C34H61N5O9/c1-9-11-12-13-14-15-16-26(43)23(6)33(48)39(8)34(20-41,17-21(3)4)27(44)18-36-32(47)29(24(7)42)38-30(45)25(19-40)37-31(46)28(35)22(5)10-2/h20-22,24-26,28-29,40,42-43H,6,9-19,35H2,1-5,7-8H3,(H,36,47)(H,37,46)(H,38,45)/t22-,24+,25+,26-,28+,29+,34-/m1/s1. The zero-order chi connectivity index (χ0) is 37.2. The molecule has 8 N–H and O–H groups in total. The smallest absolute Gasteiger partial charge is 0.252 e.